The average Bonchev–Trinajstić information content (AvgIpc) is 2.90. The third-order valence-electron chi connectivity index (χ3n) is 4.80. The minimum Gasteiger partial charge on any atom is -0.383 e. The van der Waals surface area contributed by atoms with Crippen molar-refractivity contribution in [1.82, 2.24) is 19.8 Å². The van der Waals surface area contributed by atoms with Crippen LogP contribution in [0, 0.1) is 0 Å². The monoisotopic (exact) mass is 340 g/mol. The summed E-state index contributed by atoms with van der Waals surface area (Å²) in [6, 6.07) is -0.186. The molecule has 0 saturated carbocycles. The molecule has 0 unspecified atom stereocenters. The van der Waals surface area contributed by atoms with Gasteiger partial charge in [0.15, 0.2) is 0 Å². The van der Waals surface area contributed by atoms with Gasteiger partial charge in [-0.2, -0.15) is 0 Å². The minimum atomic E-state index is -2.66. The minimum absolute atomic E-state index is 0.0644. The molecule has 1 atom stereocenters. The highest BCUT2D eigenvalue weighted by atomic mass is 19.3. The highest BCUT2D eigenvalue weighted by Gasteiger charge is 2.47. The number of amides is 1. The summed E-state index contributed by atoms with van der Waals surface area (Å²) in [5.74, 6) is -2.76. The lowest BCUT2D eigenvalue weighted by Gasteiger charge is -2.39. The summed E-state index contributed by atoms with van der Waals surface area (Å²) in [4.78, 5) is 23.7. The Morgan fingerprint density at radius 2 is 2.00 bits per heavy atom. The molecule has 1 aromatic heterocycles. The smallest absolute Gasteiger partial charge is 0.262 e. The van der Waals surface area contributed by atoms with E-state index in [2.05, 4.69) is 9.97 Å². The van der Waals surface area contributed by atoms with Crippen LogP contribution in [0.5, 0.6) is 0 Å². The van der Waals surface area contributed by atoms with Gasteiger partial charge in [-0.3, -0.25) is 9.69 Å². The summed E-state index contributed by atoms with van der Waals surface area (Å²) in [6.07, 6.45) is 5.60. The zero-order valence-corrected chi connectivity index (χ0v) is 13.7. The van der Waals surface area contributed by atoms with E-state index in [0.717, 1.165) is 0 Å². The van der Waals surface area contributed by atoms with Crippen LogP contribution in [0.25, 0.3) is 0 Å². The number of nitrogens with zero attached hydrogens (tertiary/aromatic N) is 4. The molecule has 0 aliphatic carbocycles. The number of hydrogen-bond acceptors (Lipinski definition) is 5. The van der Waals surface area contributed by atoms with E-state index in [9.17, 15) is 13.6 Å². The van der Waals surface area contributed by atoms with Crippen molar-refractivity contribution >= 4 is 5.91 Å². The Morgan fingerprint density at radius 1 is 1.33 bits per heavy atom. The highest BCUT2D eigenvalue weighted by Crippen LogP contribution is 2.35. The van der Waals surface area contributed by atoms with Gasteiger partial charge in [0.1, 0.15) is 6.33 Å². The molecule has 2 aliphatic heterocycles. The molecule has 3 heterocycles. The third-order valence-corrected chi connectivity index (χ3v) is 4.80. The molecule has 2 saturated heterocycles. The van der Waals surface area contributed by atoms with Gasteiger partial charge in [-0.05, 0) is 12.8 Å². The number of carbonyl (C=O) groups excluding carboxylic acids is 1. The molecule has 0 bridgehead atoms. The van der Waals surface area contributed by atoms with E-state index in [1.165, 1.54) is 25.8 Å². The van der Waals surface area contributed by atoms with Crippen LogP contribution in [-0.4, -0.2) is 77.0 Å². The lowest BCUT2D eigenvalue weighted by molar-refractivity contribution is 0.00285. The summed E-state index contributed by atoms with van der Waals surface area (Å²) >= 11 is 0. The largest absolute Gasteiger partial charge is 0.383 e. The molecule has 8 heteroatoms. The van der Waals surface area contributed by atoms with E-state index in [-0.39, 0.29) is 31.0 Å². The van der Waals surface area contributed by atoms with E-state index >= 15 is 0 Å². The Bertz CT molecular complexity index is 564. The molecular formula is C16H22F2N4O2. The molecule has 1 aromatic rings. The number of aromatic nitrogens is 2. The molecule has 6 nitrogen and oxygen atoms in total. The zero-order chi connectivity index (χ0) is 17.2. The number of alkyl halides is 2. The molecule has 132 valence electrons. The number of ether oxygens (including phenoxy) is 1. The Kier molecular flexibility index (Phi) is 5.05. The molecule has 0 aromatic carbocycles. The lowest BCUT2D eigenvalue weighted by atomic mass is 10.0. The molecule has 0 spiro atoms. The zero-order valence-electron chi connectivity index (χ0n) is 13.7. The van der Waals surface area contributed by atoms with E-state index in [4.69, 9.17) is 4.74 Å². The van der Waals surface area contributed by atoms with Crippen LogP contribution >= 0.6 is 0 Å². The van der Waals surface area contributed by atoms with E-state index in [1.54, 1.807) is 4.90 Å². The topological polar surface area (TPSA) is 58.6 Å². The summed E-state index contributed by atoms with van der Waals surface area (Å²) in [5.41, 5.74) is 0.459. The molecule has 24 heavy (non-hydrogen) atoms. The van der Waals surface area contributed by atoms with Crippen LogP contribution in [0.2, 0.25) is 0 Å². The molecular weight excluding hydrogens is 318 g/mol. The van der Waals surface area contributed by atoms with E-state index in [1.807, 2.05) is 4.90 Å². The predicted molar refractivity (Wildman–Crippen MR) is 82.9 cm³/mol. The fourth-order valence-electron chi connectivity index (χ4n) is 3.69. The molecule has 2 aliphatic rings. The molecule has 0 radical (unpaired) electrons. The second-order valence-corrected chi connectivity index (χ2v) is 6.49. The molecule has 3 rings (SSSR count). The molecule has 2 fully saturated rings. The van der Waals surface area contributed by atoms with Crippen molar-refractivity contribution in [3.63, 3.8) is 0 Å². The molecule has 0 N–H and O–H groups in total. The number of methoxy groups -OCH3 is 1. The molecule has 1 amide bonds. The van der Waals surface area contributed by atoms with Gasteiger partial charge >= 0.3 is 0 Å². The Balaban J connectivity index is 1.59. The average molecular weight is 340 g/mol. The summed E-state index contributed by atoms with van der Waals surface area (Å²) < 4.78 is 32.7. The quantitative estimate of drug-likeness (QED) is 0.830. The van der Waals surface area contributed by atoms with Gasteiger partial charge in [-0.15, -0.1) is 0 Å². The van der Waals surface area contributed by atoms with Crippen LogP contribution in [-0.2, 0) is 4.74 Å². The first kappa shape index (κ1) is 17.2. The Hall–Kier alpha value is -1.67. The Labute approximate surface area is 139 Å². The number of carbonyl (C=O) groups is 1. The summed E-state index contributed by atoms with van der Waals surface area (Å²) in [5, 5.41) is 0. The number of rotatable bonds is 4. The van der Waals surface area contributed by atoms with Crippen molar-refractivity contribution in [2.45, 2.75) is 37.3 Å². The van der Waals surface area contributed by atoms with Gasteiger partial charge in [-0.1, -0.05) is 0 Å². The second-order valence-electron chi connectivity index (χ2n) is 6.49. The van der Waals surface area contributed by atoms with Crippen molar-refractivity contribution in [1.29, 1.82) is 0 Å². The van der Waals surface area contributed by atoms with Crippen LogP contribution in [0.1, 0.15) is 29.6 Å². The van der Waals surface area contributed by atoms with Gasteiger partial charge < -0.3 is 9.64 Å². The SMILES string of the molecule is COC[C@@H]1CC(F)(F)CN1C1CCN(C(=O)c2cncnc2)CC1. The fourth-order valence-corrected chi connectivity index (χ4v) is 3.69. The van der Waals surface area contributed by atoms with Gasteiger partial charge in [0.25, 0.3) is 11.8 Å². The second kappa shape index (κ2) is 7.06. The van der Waals surface area contributed by atoms with Gasteiger partial charge in [0.2, 0.25) is 0 Å². The first-order chi connectivity index (χ1) is 11.5. The maximum Gasteiger partial charge on any atom is 0.262 e. The van der Waals surface area contributed by atoms with Crippen LogP contribution in [0.3, 0.4) is 0 Å². The van der Waals surface area contributed by atoms with Crippen molar-refractivity contribution < 1.29 is 18.3 Å². The lowest BCUT2D eigenvalue weighted by Crippen LogP contribution is -2.49. The fraction of sp³-hybridized carbons (Fsp3) is 0.688. The van der Waals surface area contributed by atoms with E-state index in [0.29, 0.717) is 38.1 Å². The first-order valence-corrected chi connectivity index (χ1v) is 8.17. The number of likely N-dealkylation sites (tertiary alicyclic amines) is 2. The first-order valence-electron chi connectivity index (χ1n) is 8.17. The van der Waals surface area contributed by atoms with Crippen molar-refractivity contribution in [3.8, 4) is 0 Å². The highest BCUT2D eigenvalue weighted by molar-refractivity contribution is 5.93. The summed E-state index contributed by atoms with van der Waals surface area (Å²) in [6.45, 7) is 1.21. The maximum absolute atomic E-state index is 13.8. The predicted octanol–water partition coefficient (Wildman–Crippen LogP) is 1.44. The van der Waals surface area contributed by atoms with Crippen LogP contribution in [0.15, 0.2) is 18.7 Å². The summed E-state index contributed by atoms with van der Waals surface area (Å²) in [7, 11) is 1.54. The van der Waals surface area contributed by atoms with E-state index < -0.39 is 5.92 Å². The van der Waals surface area contributed by atoms with Gasteiger partial charge in [0, 0.05) is 51.1 Å². The van der Waals surface area contributed by atoms with Gasteiger partial charge in [0.05, 0.1) is 18.7 Å². The van der Waals surface area contributed by atoms with Crippen molar-refractivity contribution in [2.24, 2.45) is 0 Å². The number of hydrogen-bond donors (Lipinski definition) is 0. The number of halogens is 2. The van der Waals surface area contributed by atoms with Gasteiger partial charge in [-0.25, -0.2) is 18.7 Å². The van der Waals surface area contributed by atoms with Crippen LogP contribution in [0.4, 0.5) is 8.78 Å². The third kappa shape index (κ3) is 3.70. The maximum atomic E-state index is 13.8. The Morgan fingerprint density at radius 3 is 2.62 bits per heavy atom. The number of piperidine rings is 1. The van der Waals surface area contributed by atoms with Crippen molar-refractivity contribution in [3.05, 3.63) is 24.3 Å². The van der Waals surface area contributed by atoms with Crippen LogP contribution < -0.4 is 0 Å². The normalized spacial score (nSPS) is 25.1. The van der Waals surface area contributed by atoms with Crippen molar-refractivity contribution in [2.75, 3.05) is 33.4 Å². The standard InChI is InChI=1S/C16H22F2N4O2/c1-24-9-14-6-16(17,18)10-22(14)13-2-4-21(5-3-13)15(23)12-7-19-11-20-8-12/h7-8,11,13-14H,2-6,9-10H2,1H3/t14-/m0/s1.